The molecule has 17 heavy (non-hydrogen) atoms. The molecule has 0 saturated heterocycles. The van der Waals surface area contributed by atoms with E-state index >= 15 is 0 Å². The van der Waals surface area contributed by atoms with Gasteiger partial charge in [0.1, 0.15) is 0 Å². The molecule has 0 aliphatic rings. The number of hydrogen-bond acceptors (Lipinski definition) is 3. The molecule has 2 atom stereocenters. The van der Waals surface area contributed by atoms with E-state index in [1.54, 1.807) is 7.11 Å². The second-order valence-corrected chi connectivity index (χ2v) is 4.47. The van der Waals surface area contributed by atoms with Crippen molar-refractivity contribution in [1.82, 2.24) is 4.90 Å². The van der Waals surface area contributed by atoms with Crippen LogP contribution in [0.15, 0.2) is 30.3 Å². The summed E-state index contributed by atoms with van der Waals surface area (Å²) >= 11 is 0. The number of likely N-dealkylation sites (N-methyl/N-ethyl adjacent to an activating group) is 1. The summed E-state index contributed by atoms with van der Waals surface area (Å²) in [5, 5.41) is 0. The van der Waals surface area contributed by atoms with E-state index in [1.807, 2.05) is 6.07 Å². The molecule has 0 aliphatic carbocycles. The molecule has 1 aromatic rings. The van der Waals surface area contributed by atoms with Gasteiger partial charge >= 0.3 is 0 Å². The Morgan fingerprint density at radius 2 is 1.94 bits per heavy atom. The van der Waals surface area contributed by atoms with E-state index in [0.29, 0.717) is 18.6 Å². The molecule has 0 fully saturated rings. The van der Waals surface area contributed by atoms with Crippen molar-refractivity contribution in [3.05, 3.63) is 35.9 Å². The Bertz CT molecular complexity index is 302. The Labute approximate surface area is 105 Å². The highest BCUT2D eigenvalue weighted by molar-refractivity contribution is 5.19. The molecule has 2 unspecified atom stereocenters. The normalized spacial score (nSPS) is 14.9. The van der Waals surface area contributed by atoms with Gasteiger partial charge in [0.2, 0.25) is 0 Å². The van der Waals surface area contributed by atoms with Crippen LogP contribution in [0.3, 0.4) is 0 Å². The molecule has 2 N–H and O–H groups in total. The van der Waals surface area contributed by atoms with Crippen LogP contribution >= 0.6 is 0 Å². The lowest BCUT2D eigenvalue weighted by atomic mass is 10.0. The number of methoxy groups -OCH3 is 1. The molecule has 0 amide bonds. The molecule has 0 radical (unpaired) electrons. The molecular weight excluding hydrogens is 212 g/mol. The van der Waals surface area contributed by atoms with E-state index in [0.717, 1.165) is 13.0 Å². The van der Waals surface area contributed by atoms with Gasteiger partial charge in [0, 0.05) is 19.2 Å². The van der Waals surface area contributed by atoms with Gasteiger partial charge in [-0.1, -0.05) is 30.3 Å². The van der Waals surface area contributed by atoms with Crippen molar-refractivity contribution < 1.29 is 4.74 Å². The zero-order valence-electron chi connectivity index (χ0n) is 11.1. The minimum Gasteiger partial charge on any atom is -0.383 e. The van der Waals surface area contributed by atoms with E-state index in [9.17, 15) is 0 Å². The summed E-state index contributed by atoms with van der Waals surface area (Å²) in [6.45, 7) is 3.62. The second kappa shape index (κ2) is 7.43. The quantitative estimate of drug-likeness (QED) is 0.787. The third kappa shape index (κ3) is 4.11. The monoisotopic (exact) mass is 236 g/mol. The van der Waals surface area contributed by atoms with E-state index in [-0.39, 0.29) is 0 Å². The molecule has 96 valence electrons. The van der Waals surface area contributed by atoms with E-state index < -0.39 is 0 Å². The number of hydrogen-bond donors (Lipinski definition) is 1. The summed E-state index contributed by atoms with van der Waals surface area (Å²) in [5.41, 5.74) is 7.04. The van der Waals surface area contributed by atoms with Crippen LogP contribution in [-0.4, -0.2) is 38.3 Å². The van der Waals surface area contributed by atoms with Crippen molar-refractivity contribution in [2.75, 3.05) is 27.3 Å². The van der Waals surface area contributed by atoms with Crippen molar-refractivity contribution >= 4 is 0 Å². The van der Waals surface area contributed by atoms with Gasteiger partial charge in [0.05, 0.1) is 6.61 Å². The van der Waals surface area contributed by atoms with Crippen molar-refractivity contribution in [1.29, 1.82) is 0 Å². The SMILES string of the molecule is COCC(C)N(C)C(CCN)c1ccccc1. The number of ether oxygens (including phenoxy) is 1. The highest BCUT2D eigenvalue weighted by Crippen LogP contribution is 2.24. The third-order valence-corrected chi connectivity index (χ3v) is 3.22. The van der Waals surface area contributed by atoms with Crippen LogP contribution in [0, 0.1) is 0 Å². The fraction of sp³-hybridized carbons (Fsp3) is 0.571. The number of rotatable bonds is 7. The summed E-state index contributed by atoms with van der Waals surface area (Å²) < 4.78 is 5.22. The van der Waals surface area contributed by atoms with Gasteiger partial charge in [-0.15, -0.1) is 0 Å². The average molecular weight is 236 g/mol. The average Bonchev–Trinajstić information content (AvgIpc) is 2.36. The first-order chi connectivity index (χ1) is 8.20. The lowest BCUT2D eigenvalue weighted by Crippen LogP contribution is -2.37. The lowest BCUT2D eigenvalue weighted by Gasteiger charge is -2.33. The molecule has 3 nitrogen and oxygen atoms in total. The van der Waals surface area contributed by atoms with Crippen LogP contribution < -0.4 is 5.73 Å². The van der Waals surface area contributed by atoms with Gasteiger partial charge in [0.15, 0.2) is 0 Å². The molecule has 0 bridgehead atoms. The summed E-state index contributed by atoms with van der Waals surface area (Å²) in [7, 11) is 3.88. The lowest BCUT2D eigenvalue weighted by molar-refractivity contribution is 0.0866. The maximum atomic E-state index is 5.72. The molecule has 1 rings (SSSR count). The molecule has 0 spiro atoms. The Hall–Kier alpha value is -0.900. The summed E-state index contributed by atoms with van der Waals surface area (Å²) in [6.07, 6.45) is 0.967. The summed E-state index contributed by atoms with van der Waals surface area (Å²) in [4.78, 5) is 2.34. The third-order valence-electron chi connectivity index (χ3n) is 3.22. The van der Waals surface area contributed by atoms with Gasteiger partial charge in [0.25, 0.3) is 0 Å². The summed E-state index contributed by atoms with van der Waals surface area (Å²) in [5.74, 6) is 0. The molecule has 0 saturated carbocycles. The van der Waals surface area contributed by atoms with Gasteiger partial charge in [-0.3, -0.25) is 4.90 Å². The van der Waals surface area contributed by atoms with Gasteiger partial charge < -0.3 is 10.5 Å². The molecular formula is C14H24N2O. The molecule has 3 heteroatoms. The van der Waals surface area contributed by atoms with Crippen LogP contribution in [0.1, 0.15) is 24.9 Å². The van der Waals surface area contributed by atoms with E-state index in [2.05, 4.69) is 43.1 Å². The maximum absolute atomic E-state index is 5.72. The Morgan fingerprint density at radius 3 is 2.47 bits per heavy atom. The predicted molar refractivity (Wildman–Crippen MR) is 72.0 cm³/mol. The number of nitrogens with zero attached hydrogens (tertiary/aromatic N) is 1. The second-order valence-electron chi connectivity index (χ2n) is 4.47. The Balaban J connectivity index is 2.78. The number of benzene rings is 1. The molecule has 0 aliphatic heterocycles. The fourth-order valence-electron chi connectivity index (χ4n) is 2.10. The van der Waals surface area contributed by atoms with E-state index in [1.165, 1.54) is 5.56 Å². The highest BCUT2D eigenvalue weighted by atomic mass is 16.5. The molecule has 1 aromatic carbocycles. The predicted octanol–water partition coefficient (Wildman–Crippen LogP) is 2.04. The standard InChI is InChI=1S/C14H24N2O/c1-12(11-17-3)16(2)14(9-10-15)13-7-5-4-6-8-13/h4-8,12,14H,9-11,15H2,1-3H3. The van der Waals surface area contributed by atoms with E-state index in [4.69, 9.17) is 10.5 Å². The van der Waals surface area contributed by atoms with Crippen molar-refractivity contribution in [2.45, 2.75) is 25.4 Å². The first-order valence-electron chi connectivity index (χ1n) is 6.16. The van der Waals surface area contributed by atoms with Gasteiger partial charge in [-0.25, -0.2) is 0 Å². The summed E-state index contributed by atoms with van der Waals surface area (Å²) in [6, 6.07) is 11.3. The molecule has 0 heterocycles. The Morgan fingerprint density at radius 1 is 1.29 bits per heavy atom. The largest absolute Gasteiger partial charge is 0.383 e. The maximum Gasteiger partial charge on any atom is 0.0615 e. The number of nitrogens with two attached hydrogens (primary N) is 1. The van der Waals surface area contributed by atoms with Crippen LogP contribution in [0.4, 0.5) is 0 Å². The minimum atomic E-state index is 0.367. The first-order valence-corrected chi connectivity index (χ1v) is 6.16. The van der Waals surface area contributed by atoms with Crippen LogP contribution in [0.25, 0.3) is 0 Å². The van der Waals surface area contributed by atoms with Crippen molar-refractivity contribution in [2.24, 2.45) is 5.73 Å². The van der Waals surface area contributed by atoms with Crippen molar-refractivity contribution in [3.63, 3.8) is 0 Å². The zero-order chi connectivity index (χ0) is 12.7. The van der Waals surface area contributed by atoms with Crippen LogP contribution in [-0.2, 0) is 4.74 Å². The first kappa shape index (κ1) is 14.2. The van der Waals surface area contributed by atoms with Gasteiger partial charge in [-0.05, 0) is 32.5 Å². The molecule has 0 aromatic heterocycles. The zero-order valence-corrected chi connectivity index (χ0v) is 11.1. The van der Waals surface area contributed by atoms with Crippen molar-refractivity contribution in [3.8, 4) is 0 Å². The fourth-order valence-corrected chi connectivity index (χ4v) is 2.10. The van der Waals surface area contributed by atoms with Gasteiger partial charge in [-0.2, -0.15) is 0 Å². The van der Waals surface area contributed by atoms with Crippen LogP contribution in [0.5, 0.6) is 0 Å². The highest BCUT2D eigenvalue weighted by Gasteiger charge is 2.20. The van der Waals surface area contributed by atoms with Crippen LogP contribution in [0.2, 0.25) is 0 Å². The topological polar surface area (TPSA) is 38.5 Å². The Kier molecular flexibility index (Phi) is 6.19. The minimum absolute atomic E-state index is 0.367. The smallest absolute Gasteiger partial charge is 0.0615 e.